The average molecular weight is 369 g/mol. The van der Waals surface area contributed by atoms with E-state index in [1.54, 1.807) is 11.7 Å². The first-order chi connectivity index (χ1) is 12.9. The molecule has 0 unspecified atom stereocenters. The van der Waals surface area contributed by atoms with E-state index in [2.05, 4.69) is 26.6 Å². The number of hydrogen-bond donors (Lipinski definition) is 1. The summed E-state index contributed by atoms with van der Waals surface area (Å²) < 4.78 is 4.42. The van der Waals surface area contributed by atoms with Gasteiger partial charge in [0.15, 0.2) is 0 Å². The number of anilines is 1. The van der Waals surface area contributed by atoms with Gasteiger partial charge in [-0.05, 0) is 24.1 Å². The first-order valence-corrected chi connectivity index (χ1v) is 8.98. The zero-order chi connectivity index (χ0) is 19.1. The van der Waals surface area contributed by atoms with Crippen LogP contribution in [0.5, 0.6) is 0 Å². The number of nitrogens with zero attached hydrogens (tertiary/aromatic N) is 6. The van der Waals surface area contributed by atoms with E-state index in [9.17, 15) is 9.59 Å². The van der Waals surface area contributed by atoms with Crippen molar-refractivity contribution in [2.24, 2.45) is 21.1 Å². The van der Waals surface area contributed by atoms with Gasteiger partial charge in [-0.2, -0.15) is 0 Å². The Morgan fingerprint density at radius 3 is 2.78 bits per heavy atom. The molecular weight excluding hydrogens is 346 g/mol. The lowest BCUT2D eigenvalue weighted by molar-refractivity contribution is 0.550. The summed E-state index contributed by atoms with van der Waals surface area (Å²) >= 11 is 0. The van der Waals surface area contributed by atoms with Gasteiger partial charge in [0.05, 0.1) is 5.52 Å². The van der Waals surface area contributed by atoms with Gasteiger partial charge in [-0.15, -0.1) is 5.10 Å². The molecule has 3 heterocycles. The van der Waals surface area contributed by atoms with Crippen molar-refractivity contribution >= 4 is 16.9 Å². The number of aryl methyl sites for hydroxylation is 1. The Hall–Kier alpha value is -2.94. The van der Waals surface area contributed by atoms with Crippen LogP contribution in [0.1, 0.15) is 12.0 Å². The fraction of sp³-hybridized carbons (Fsp3) is 0.444. The van der Waals surface area contributed by atoms with Crippen molar-refractivity contribution in [1.82, 2.24) is 29.4 Å². The summed E-state index contributed by atoms with van der Waals surface area (Å²) in [6.45, 7) is 2.30. The van der Waals surface area contributed by atoms with Crippen LogP contribution < -0.4 is 21.5 Å². The number of nitrogens with one attached hydrogen (secondary N) is 1. The molecule has 9 heteroatoms. The molecule has 0 spiro atoms. The summed E-state index contributed by atoms with van der Waals surface area (Å²) in [7, 11) is 5.08. The molecule has 0 bridgehead atoms. The second kappa shape index (κ2) is 6.66. The maximum absolute atomic E-state index is 12.1. The third kappa shape index (κ3) is 3.14. The van der Waals surface area contributed by atoms with E-state index in [0.29, 0.717) is 11.9 Å². The van der Waals surface area contributed by atoms with Crippen LogP contribution in [0.15, 0.2) is 33.9 Å². The molecule has 27 heavy (non-hydrogen) atoms. The lowest BCUT2D eigenvalue weighted by Crippen LogP contribution is -2.40. The molecule has 0 radical (unpaired) electrons. The van der Waals surface area contributed by atoms with Gasteiger partial charge in [0.2, 0.25) is 0 Å². The molecule has 1 fully saturated rings. The molecule has 1 saturated heterocycles. The first-order valence-electron chi connectivity index (χ1n) is 8.98. The van der Waals surface area contributed by atoms with E-state index in [1.807, 2.05) is 19.2 Å². The van der Waals surface area contributed by atoms with Crippen LogP contribution in [-0.4, -0.2) is 43.3 Å². The molecule has 0 amide bonds. The van der Waals surface area contributed by atoms with Crippen LogP contribution >= 0.6 is 0 Å². The van der Waals surface area contributed by atoms with Gasteiger partial charge < -0.3 is 10.2 Å². The number of benzene rings is 1. The Bertz CT molecular complexity index is 1110. The Labute approximate surface area is 155 Å². The highest BCUT2D eigenvalue weighted by atomic mass is 16.2. The number of hydrogen-bond acceptors (Lipinski definition) is 6. The van der Waals surface area contributed by atoms with Crippen LogP contribution in [0.2, 0.25) is 0 Å². The van der Waals surface area contributed by atoms with Crippen molar-refractivity contribution in [1.29, 1.82) is 0 Å². The Kier molecular flexibility index (Phi) is 4.31. The highest BCUT2D eigenvalue weighted by Gasteiger charge is 2.24. The monoisotopic (exact) mass is 369 g/mol. The SMILES string of the molecule is Cn1c(N2CC[C@H](NCc3ccc4c(c3)nnn4C)C2)cc(=O)n(C)c1=O. The highest BCUT2D eigenvalue weighted by Crippen LogP contribution is 2.18. The van der Waals surface area contributed by atoms with Crippen LogP contribution in [-0.2, 0) is 27.7 Å². The third-order valence-corrected chi connectivity index (χ3v) is 5.28. The van der Waals surface area contributed by atoms with Crippen molar-refractivity contribution in [2.45, 2.75) is 19.0 Å². The van der Waals surface area contributed by atoms with Gasteiger partial charge >= 0.3 is 5.69 Å². The lowest BCUT2D eigenvalue weighted by atomic mass is 10.2. The number of aromatic nitrogens is 5. The Morgan fingerprint density at radius 2 is 1.96 bits per heavy atom. The average Bonchev–Trinajstić information content (AvgIpc) is 3.28. The van der Waals surface area contributed by atoms with Crippen LogP contribution in [0, 0.1) is 0 Å². The van der Waals surface area contributed by atoms with Crippen LogP contribution in [0.3, 0.4) is 0 Å². The maximum Gasteiger partial charge on any atom is 0.332 e. The number of rotatable bonds is 4. The standard InChI is InChI=1S/C18H23N7O2/c1-22-16(9-17(26)23(2)18(22)27)25-7-6-13(11-25)19-10-12-4-5-15-14(8-12)20-21-24(15)3/h4-5,8-9,13,19H,6-7,10-11H2,1-3H3/t13-/m0/s1. The van der Waals surface area contributed by atoms with Gasteiger partial charge in [-0.25, -0.2) is 9.48 Å². The summed E-state index contributed by atoms with van der Waals surface area (Å²) in [5.74, 6) is 0.674. The zero-order valence-electron chi connectivity index (χ0n) is 15.7. The molecule has 1 N–H and O–H groups in total. The van der Waals surface area contributed by atoms with Crippen molar-refractivity contribution in [3.8, 4) is 0 Å². The summed E-state index contributed by atoms with van der Waals surface area (Å²) in [6, 6.07) is 7.99. The molecule has 9 nitrogen and oxygen atoms in total. The fourth-order valence-electron chi connectivity index (χ4n) is 3.62. The van der Waals surface area contributed by atoms with Crippen LogP contribution in [0.4, 0.5) is 5.82 Å². The topological polar surface area (TPSA) is 90.0 Å². The molecule has 0 aliphatic carbocycles. The molecule has 1 aliphatic heterocycles. The third-order valence-electron chi connectivity index (χ3n) is 5.28. The van der Waals surface area contributed by atoms with Crippen molar-refractivity contribution in [2.75, 3.05) is 18.0 Å². The smallest absolute Gasteiger partial charge is 0.332 e. The Balaban J connectivity index is 1.44. The minimum Gasteiger partial charge on any atom is -0.356 e. The minimum atomic E-state index is -0.300. The normalized spacial score (nSPS) is 17.1. The van der Waals surface area contributed by atoms with Gasteiger partial charge in [0.1, 0.15) is 11.3 Å². The quantitative estimate of drug-likeness (QED) is 0.681. The predicted octanol–water partition coefficient (Wildman–Crippen LogP) is -0.266. The van der Waals surface area contributed by atoms with E-state index < -0.39 is 0 Å². The summed E-state index contributed by atoms with van der Waals surface area (Å²) in [5.41, 5.74) is 2.48. The Morgan fingerprint density at radius 1 is 1.15 bits per heavy atom. The molecule has 1 aliphatic rings. The van der Waals surface area contributed by atoms with E-state index in [1.165, 1.54) is 17.7 Å². The second-order valence-electron chi connectivity index (χ2n) is 7.09. The molecule has 1 atom stereocenters. The zero-order valence-corrected chi connectivity index (χ0v) is 15.7. The maximum atomic E-state index is 12.1. The lowest BCUT2D eigenvalue weighted by Gasteiger charge is -2.21. The van der Waals surface area contributed by atoms with Gasteiger partial charge in [-0.1, -0.05) is 11.3 Å². The van der Waals surface area contributed by atoms with Gasteiger partial charge in [-0.3, -0.25) is 13.9 Å². The predicted molar refractivity (Wildman–Crippen MR) is 103 cm³/mol. The second-order valence-corrected chi connectivity index (χ2v) is 7.09. The van der Waals surface area contributed by atoms with E-state index in [0.717, 1.165) is 47.2 Å². The molecule has 142 valence electrons. The van der Waals surface area contributed by atoms with Crippen LogP contribution in [0.25, 0.3) is 11.0 Å². The van der Waals surface area contributed by atoms with Crippen molar-refractivity contribution in [3.63, 3.8) is 0 Å². The summed E-state index contributed by atoms with van der Waals surface area (Å²) in [5, 5.41) is 11.7. The molecular formula is C18H23N7O2. The fourth-order valence-corrected chi connectivity index (χ4v) is 3.62. The van der Waals surface area contributed by atoms with E-state index >= 15 is 0 Å². The summed E-state index contributed by atoms with van der Waals surface area (Å²) in [4.78, 5) is 26.2. The minimum absolute atomic E-state index is 0.276. The molecule has 4 rings (SSSR count). The van der Waals surface area contributed by atoms with Gasteiger partial charge in [0.25, 0.3) is 5.56 Å². The first kappa shape index (κ1) is 17.5. The van der Waals surface area contributed by atoms with Gasteiger partial charge in [0, 0.05) is 52.9 Å². The van der Waals surface area contributed by atoms with E-state index in [-0.39, 0.29) is 11.2 Å². The van der Waals surface area contributed by atoms with Crippen molar-refractivity contribution in [3.05, 3.63) is 50.7 Å². The highest BCUT2D eigenvalue weighted by molar-refractivity contribution is 5.74. The molecule has 1 aromatic carbocycles. The van der Waals surface area contributed by atoms with Crippen molar-refractivity contribution < 1.29 is 0 Å². The number of fused-ring (bicyclic) bond motifs is 1. The molecule has 0 saturated carbocycles. The largest absolute Gasteiger partial charge is 0.356 e. The molecule has 2 aromatic heterocycles. The van der Waals surface area contributed by atoms with E-state index in [4.69, 9.17) is 0 Å². The summed E-state index contributed by atoms with van der Waals surface area (Å²) in [6.07, 6.45) is 0.955. The molecule has 3 aromatic rings.